The van der Waals surface area contributed by atoms with E-state index in [0.717, 1.165) is 47.6 Å². The minimum atomic E-state index is -0.312. The van der Waals surface area contributed by atoms with Gasteiger partial charge in [0.15, 0.2) is 0 Å². The summed E-state index contributed by atoms with van der Waals surface area (Å²) < 4.78 is 21.3. The zero-order chi connectivity index (χ0) is 38.1. The summed E-state index contributed by atoms with van der Waals surface area (Å²) in [4.78, 5) is 24.9. The number of ether oxygens (including phenoxy) is 4. The van der Waals surface area contributed by atoms with Crippen molar-refractivity contribution < 1.29 is 28.5 Å². The quantitative estimate of drug-likeness (QED) is 0.121. The maximum atomic E-state index is 12.5. The van der Waals surface area contributed by atoms with Crippen LogP contribution in [0.3, 0.4) is 0 Å². The molecule has 0 aromatic heterocycles. The van der Waals surface area contributed by atoms with Crippen molar-refractivity contribution in [1.29, 1.82) is 0 Å². The number of rotatable bonds is 14. The predicted molar refractivity (Wildman–Crippen MR) is 217 cm³/mol. The minimum absolute atomic E-state index is 0.0420. The molecule has 0 atom stereocenters. The SMILES string of the molecule is CCCC1CCC(C2CCC(C(=O)Oc3ccc(COC)cc3)CC2)CC1.CCCC1CCC(c2ccc(C(=O)Oc3ccc(COC)cc3)cc2)CC1. The molecule has 0 N–H and O–H groups in total. The fourth-order valence-corrected chi connectivity index (χ4v) is 9.27. The molecular formula is C48H66O6. The van der Waals surface area contributed by atoms with E-state index < -0.39 is 0 Å². The molecule has 0 radical (unpaired) electrons. The van der Waals surface area contributed by atoms with Gasteiger partial charge in [-0.15, -0.1) is 0 Å². The van der Waals surface area contributed by atoms with Crippen LogP contribution in [0, 0.1) is 29.6 Å². The van der Waals surface area contributed by atoms with E-state index in [-0.39, 0.29) is 17.9 Å². The van der Waals surface area contributed by atoms with Gasteiger partial charge < -0.3 is 18.9 Å². The number of benzene rings is 3. The summed E-state index contributed by atoms with van der Waals surface area (Å²) in [5, 5.41) is 0. The van der Waals surface area contributed by atoms with Crippen molar-refractivity contribution in [2.75, 3.05) is 14.2 Å². The van der Waals surface area contributed by atoms with Crippen molar-refractivity contribution in [3.05, 3.63) is 95.1 Å². The Bertz CT molecular complexity index is 1510. The molecule has 3 aliphatic carbocycles. The standard InChI is InChI=1S/C24H36O3.C24H30O3/c2*1-3-4-18-5-9-20(10-6-18)21-11-13-22(14-12-21)24(25)27-23-15-7-19(8-16-23)17-26-2/h7-8,15-16,18,20-22H,3-6,9-14,17H2,1-2H3;7-8,11-16,18,20H,3-6,9-10,17H2,1-2H3. The summed E-state index contributed by atoms with van der Waals surface area (Å²) in [6.45, 7) is 5.72. The Hall–Kier alpha value is -3.48. The Kier molecular flexibility index (Phi) is 17.1. The highest BCUT2D eigenvalue weighted by molar-refractivity contribution is 5.91. The summed E-state index contributed by atoms with van der Waals surface area (Å²) in [5.41, 5.74) is 4.09. The van der Waals surface area contributed by atoms with Gasteiger partial charge in [0.05, 0.1) is 24.7 Å². The molecule has 0 unspecified atom stereocenters. The second kappa shape index (κ2) is 22.2. The molecule has 0 saturated heterocycles. The first-order valence-electron chi connectivity index (χ1n) is 21.1. The first-order chi connectivity index (χ1) is 26.4. The summed E-state index contributed by atoms with van der Waals surface area (Å²) >= 11 is 0. The fourth-order valence-electron chi connectivity index (χ4n) is 9.27. The first kappa shape index (κ1) is 41.7. The summed E-state index contributed by atoms with van der Waals surface area (Å²) in [7, 11) is 3.34. The van der Waals surface area contributed by atoms with Crippen LogP contribution in [0.1, 0.15) is 150 Å². The molecule has 3 aliphatic rings. The second-order valence-electron chi connectivity index (χ2n) is 16.3. The summed E-state index contributed by atoms with van der Waals surface area (Å²) in [5.74, 6) is 5.20. The largest absolute Gasteiger partial charge is 0.426 e. The lowest BCUT2D eigenvalue weighted by Gasteiger charge is -2.37. The van der Waals surface area contributed by atoms with Gasteiger partial charge in [0, 0.05) is 14.2 Å². The molecule has 3 aromatic rings. The molecule has 0 amide bonds. The minimum Gasteiger partial charge on any atom is -0.426 e. The van der Waals surface area contributed by atoms with Crippen LogP contribution in [-0.4, -0.2) is 26.2 Å². The molecule has 6 nitrogen and oxygen atoms in total. The Morgan fingerprint density at radius 1 is 0.537 bits per heavy atom. The maximum absolute atomic E-state index is 12.5. The number of carbonyl (C=O) groups is 2. The van der Waals surface area contributed by atoms with Gasteiger partial charge in [-0.3, -0.25) is 4.79 Å². The Labute approximate surface area is 325 Å². The topological polar surface area (TPSA) is 71.1 Å². The third kappa shape index (κ3) is 12.8. The number of carbonyl (C=O) groups excluding carboxylic acids is 2. The van der Waals surface area contributed by atoms with Crippen molar-refractivity contribution in [3.63, 3.8) is 0 Å². The molecule has 0 spiro atoms. The van der Waals surface area contributed by atoms with E-state index in [0.29, 0.717) is 36.2 Å². The van der Waals surface area contributed by atoms with Crippen LogP contribution < -0.4 is 9.47 Å². The van der Waals surface area contributed by atoms with Crippen LogP contribution in [-0.2, 0) is 27.5 Å². The maximum Gasteiger partial charge on any atom is 0.343 e. The Morgan fingerprint density at radius 2 is 0.981 bits per heavy atom. The summed E-state index contributed by atoms with van der Waals surface area (Å²) in [6, 6.07) is 23.1. The van der Waals surface area contributed by atoms with Crippen molar-refractivity contribution in [3.8, 4) is 11.5 Å². The highest BCUT2D eigenvalue weighted by Gasteiger charge is 2.33. The average molecular weight is 739 g/mol. The van der Waals surface area contributed by atoms with Gasteiger partial charge in [0.25, 0.3) is 0 Å². The van der Waals surface area contributed by atoms with Crippen LogP contribution in [0.5, 0.6) is 11.5 Å². The van der Waals surface area contributed by atoms with Gasteiger partial charge in [-0.25, -0.2) is 4.79 Å². The molecule has 6 heteroatoms. The third-order valence-electron chi connectivity index (χ3n) is 12.4. The van der Waals surface area contributed by atoms with E-state index in [9.17, 15) is 9.59 Å². The van der Waals surface area contributed by atoms with E-state index in [1.807, 2.05) is 48.5 Å². The van der Waals surface area contributed by atoms with Gasteiger partial charge in [0.2, 0.25) is 0 Å². The van der Waals surface area contributed by atoms with Crippen LogP contribution in [0.15, 0.2) is 72.8 Å². The monoisotopic (exact) mass is 738 g/mol. The molecule has 3 aromatic carbocycles. The van der Waals surface area contributed by atoms with Crippen LogP contribution in [0.2, 0.25) is 0 Å². The van der Waals surface area contributed by atoms with Crippen LogP contribution in [0.4, 0.5) is 0 Å². The van der Waals surface area contributed by atoms with Crippen molar-refractivity contribution in [2.24, 2.45) is 29.6 Å². The van der Waals surface area contributed by atoms with Gasteiger partial charge in [-0.05, 0) is 147 Å². The van der Waals surface area contributed by atoms with E-state index >= 15 is 0 Å². The predicted octanol–water partition coefficient (Wildman–Crippen LogP) is 12.3. The van der Waals surface area contributed by atoms with Crippen molar-refractivity contribution in [2.45, 2.75) is 136 Å². The normalized spacial score (nSPS) is 24.1. The number of methoxy groups -OCH3 is 2. The average Bonchev–Trinajstić information content (AvgIpc) is 3.21. The smallest absolute Gasteiger partial charge is 0.343 e. The van der Waals surface area contributed by atoms with Gasteiger partial charge in [0.1, 0.15) is 11.5 Å². The van der Waals surface area contributed by atoms with Gasteiger partial charge in [-0.1, -0.05) is 88.8 Å². The van der Waals surface area contributed by atoms with E-state index in [2.05, 4.69) is 26.0 Å². The Morgan fingerprint density at radius 3 is 1.44 bits per heavy atom. The van der Waals surface area contributed by atoms with Crippen molar-refractivity contribution in [1.82, 2.24) is 0 Å². The molecule has 0 aliphatic heterocycles. The highest BCUT2D eigenvalue weighted by Crippen LogP contribution is 2.42. The van der Waals surface area contributed by atoms with Crippen LogP contribution >= 0.6 is 0 Å². The molecule has 294 valence electrons. The summed E-state index contributed by atoms with van der Waals surface area (Å²) in [6.07, 6.45) is 20.7. The molecule has 0 bridgehead atoms. The van der Waals surface area contributed by atoms with E-state index in [4.69, 9.17) is 18.9 Å². The van der Waals surface area contributed by atoms with Crippen molar-refractivity contribution >= 4 is 11.9 Å². The molecule has 6 rings (SSSR count). The Balaban J connectivity index is 0.000000208. The second-order valence-corrected chi connectivity index (χ2v) is 16.3. The highest BCUT2D eigenvalue weighted by atomic mass is 16.5. The number of esters is 2. The van der Waals surface area contributed by atoms with Gasteiger partial charge >= 0.3 is 11.9 Å². The lowest BCUT2D eigenvalue weighted by atomic mass is 9.69. The lowest BCUT2D eigenvalue weighted by Crippen LogP contribution is -2.30. The third-order valence-corrected chi connectivity index (χ3v) is 12.4. The van der Waals surface area contributed by atoms with E-state index in [1.165, 1.54) is 95.5 Å². The zero-order valence-corrected chi connectivity index (χ0v) is 33.6. The molecule has 0 heterocycles. The first-order valence-corrected chi connectivity index (χ1v) is 21.1. The molecule has 3 saturated carbocycles. The lowest BCUT2D eigenvalue weighted by molar-refractivity contribution is -0.140. The number of hydrogen-bond donors (Lipinski definition) is 0. The van der Waals surface area contributed by atoms with E-state index in [1.54, 1.807) is 26.4 Å². The molecule has 3 fully saturated rings. The fraction of sp³-hybridized carbons (Fsp3) is 0.583. The van der Waals surface area contributed by atoms with Gasteiger partial charge in [-0.2, -0.15) is 0 Å². The molecule has 54 heavy (non-hydrogen) atoms. The van der Waals surface area contributed by atoms with Crippen LogP contribution in [0.25, 0.3) is 0 Å². The molecular weight excluding hydrogens is 673 g/mol. The zero-order valence-electron chi connectivity index (χ0n) is 33.6. The number of hydrogen-bond acceptors (Lipinski definition) is 6.